The van der Waals surface area contributed by atoms with Crippen molar-refractivity contribution in [2.45, 2.75) is 57.7 Å². The van der Waals surface area contributed by atoms with Gasteiger partial charge in [-0.3, -0.25) is 0 Å². The molecule has 0 spiro atoms. The van der Waals surface area contributed by atoms with Crippen molar-refractivity contribution in [2.75, 3.05) is 0 Å². The number of aliphatic hydroxyl groups is 1. The number of ether oxygens (including phenoxy) is 1. The second-order valence-electron chi connectivity index (χ2n) is 5.41. The molecular weight excluding hydrogens is 292 g/mol. The van der Waals surface area contributed by atoms with Crippen molar-refractivity contribution in [3.05, 3.63) is 28.2 Å². The predicted molar refractivity (Wildman–Crippen MR) is 76.9 cm³/mol. The maximum absolute atomic E-state index is 10.2. The van der Waals surface area contributed by atoms with Crippen LogP contribution >= 0.6 is 15.9 Å². The number of aliphatic hydroxyl groups excluding tert-OH is 1. The molecule has 100 valence electrons. The van der Waals surface area contributed by atoms with Crippen LogP contribution in [-0.4, -0.2) is 10.7 Å². The molecule has 2 rings (SSSR count). The molecule has 0 amide bonds. The van der Waals surface area contributed by atoms with Gasteiger partial charge in [-0.15, -0.1) is 0 Å². The van der Waals surface area contributed by atoms with Crippen LogP contribution in [0.4, 0.5) is 0 Å². The summed E-state index contributed by atoms with van der Waals surface area (Å²) in [4.78, 5) is 0. The van der Waals surface area contributed by atoms with Crippen molar-refractivity contribution in [3.63, 3.8) is 0 Å². The molecule has 3 heteroatoms. The molecule has 1 aromatic rings. The lowest BCUT2D eigenvalue weighted by Crippen LogP contribution is -2.38. The Bertz CT molecular complexity index is 419. The first-order valence-corrected chi connectivity index (χ1v) is 7.50. The number of unbranched alkanes of at least 4 members (excludes halogenated alkanes) is 2. The fourth-order valence-corrected chi connectivity index (χ4v) is 2.94. The van der Waals surface area contributed by atoms with E-state index in [1.807, 2.05) is 18.2 Å². The van der Waals surface area contributed by atoms with Gasteiger partial charge in [-0.25, -0.2) is 0 Å². The molecule has 1 N–H and O–H groups in total. The number of hydrogen-bond acceptors (Lipinski definition) is 2. The third-order valence-corrected chi connectivity index (χ3v) is 4.12. The molecule has 18 heavy (non-hydrogen) atoms. The zero-order chi connectivity index (χ0) is 13.2. The fraction of sp³-hybridized carbons (Fsp3) is 0.600. The van der Waals surface area contributed by atoms with E-state index in [1.54, 1.807) is 0 Å². The highest BCUT2D eigenvalue weighted by atomic mass is 79.9. The molecule has 2 nitrogen and oxygen atoms in total. The molecule has 1 unspecified atom stereocenters. The van der Waals surface area contributed by atoms with Gasteiger partial charge in [0.25, 0.3) is 0 Å². The maximum atomic E-state index is 10.2. The minimum atomic E-state index is -0.409. The number of rotatable bonds is 4. The molecule has 1 aliphatic rings. The highest BCUT2D eigenvalue weighted by molar-refractivity contribution is 9.10. The highest BCUT2D eigenvalue weighted by Gasteiger charge is 2.36. The molecule has 0 saturated carbocycles. The number of fused-ring (bicyclic) bond motifs is 1. The van der Waals surface area contributed by atoms with Crippen molar-refractivity contribution >= 4 is 15.9 Å². The average Bonchev–Trinajstić information content (AvgIpc) is 2.28. The summed E-state index contributed by atoms with van der Waals surface area (Å²) < 4.78 is 7.12. The zero-order valence-corrected chi connectivity index (χ0v) is 12.7. The second kappa shape index (κ2) is 5.62. The summed E-state index contributed by atoms with van der Waals surface area (Å²) in [5.74, 6) is 0.821. The van der Waals surface area contributed by atoms with Gasteiger partial charge in [0.15, 0.2) is 0 Å². The second-order valence-corrected chi connectivity index (χ2v) is 6.33. The van der Waals surface area contributed by atoms with Gasteiger partial charge in [-0.05, 0) is 31.9 Å². The van der Waals surface area contributed by atoms with Gasteiger partial charge in [0, 0.05) is 16.5 Å². The monoisotopic (exact) mass is 312 g/mol. The van der Waals surface area contributed by atoms with Crippen LogP contribution in [0.25, 0.3) is 0 Å². The van der Waals surface area contributed by atoms with E-state index in [-0.39, 0.29) is 5.60 Å². The smallest absolute Gasteiger partial charge is 0.127 e. The number of benzene rings is 1. The molecule has 1 aromatic carbocycles. The molecule has 2 atom stereocenters. The van der Waals surface area contributed by atoms with Crippen LogP contribution in [0.1, 0.15) is 57.6 Å². The Morgan fingerprint density at radius 2 is 2.22 bits per heavy atom. The summed E-state index contributed by atoms with van der Waals surface area (Å²) in [6, 6.07) is 5.84. The summed E-state index contributed by atoms with van der Waals surface area (Å²) in [5.41, 5.74) is 0.675. The molecule has 1 heterocycles. The Balaban J connectivity index is 2.15. The maximum Gasteiger partial charge on any atom is 0.127 e. The summed E-state index contributed by atoms with van der Waals surface area (Å²) in [6.45, 7) is 4.31. The molecule has 0 saturated heterocycles. The van der Waals surface area contributed by atoms with Crippen LogP contribution in [0.5, 0.6) is 5.75 Å². The number of halogens is 1. The quantitative estimate of drug-likeness (QED) is 0.823. The number of hydrogen-bond donors (Lipinski definition) is 1. The molecule has 0 bridgehead atoms. The van der Waals surface area contributed by atoms with Crippen molar-refractivity contribution in [1.29, 1.82) is 0 Å². The minimum Gasteiger partial charge on any atom is -0.487 e. The van der Waals surface area contributed by atoms with Crippen LogP contribution in [0, 0.1) is 0 Å². The average molecular weight is 313 g/mol. The van der Waals surface area contributed by atoms with E-state index in [9.17, 15) is 5.11 Å². The van der Waals surface area contributed by atoms with Crippen LogP contribution in [-0.2, 0) is 0 Å². The van der Waals surface area contributed by atoms with E-state index >= 15 is 0 Å². The first-order valence-electron chi connectivity index (χ1n) is 6.70. The van der Waals surface area contributed by atoms with Crippen molar-refractivity contribution in [3.8, 4) is 5.75 Å². The topological polar surface area (TPSA) is 29.5 Å². The van der Waals surface area contributed by atoms with Gasteiger partial charge >= 0.3 is 0 Å². The molecule has 0 aromatic heterocycles. The van der Waals surface area contributed by atoms with Gasteiger partial charge in [-0.1, -0.05) is 41.8 Å². The molecule has 0 radical (unpaired) electrons. The summed E-state index contributed by atoms with van der Waals surface area (Å²) in [5, 5.41) is 10.2. The van der Waals surface area contributed by atoms with E-state index in [1.165, 1.54) is 12.8 Å². The standard InChI is InChI=1S/C15H21BrO2/c1-3-4-5-8-15(2)10-13(17)12-7-6-11(16)9-14(12)18-15/h6-7,9,13,17H,3-5,8,10H2,1-2H3/t13-,15?/m0/s1. The Hall–Kier alpha value is -0.540. The zero-order valence-electron chi connectivity index (χ0n) is 11.1. The van der Waals surface area contributed by atoms with Gasteiger partial charge in [0.1, 0.15) is 11.4 Å². The Labute approximate surface area is 117 Å². The highest BCUT2D eigenvalue weighted by Crippen LogP contribution is 2.42. The van der Waals surface area contributed by atoms with Crippen LogP contribution in [0.15, 0.2) is 22.7 Å². The van der Waals surface area contributed by atoms with Gasteiger partial charge in [0.2, 0.25) is 0 Å². The van der Waals surface area contributed by atoms with Gasteiger partial charge in [0.05, 0.1) is 6.10 Å². The van der Waals surface area contributed by atoms with Gasteiger partial charge in [-0.2, -0.15) is 0 Å². The lowest BCUT2D eigenvalue weighted by molar-refractivity contribution is -0.00848. The third kappa shape index (κ3) is 3.07. The van der Waals surface area contributed by atoms with Crippen molar-refractivity contribution in [1.82, 2.24) is 0 Å². The molecular formula is C15H21BrO2. The van der Waals surface area contributed by atoms with Gasteiger partial charge < -0.3 is 9.84 Å². The summed E-state index contributed by atoms with van der Waals surface area (Å²) in [6.07, 6.45) is 4.87. The summed E-state index contributed by atoms with van der Waals surface area (Å²) in [7, 11) is 0. The van der Waals surface area contributed by atoms with Crippen LogP contribution < -0.4 is 4.74 Å². The predicted octanol–water partition coefficient (Wildman–Crippen LogP) is 4.60. The van der Waals surface area contributed by atoms with E-state index in [0.29, 0.717) is 6.42 Å². The first kappa shape index (κ1) is 13.9. The first-order chi connectivity index (χ1) is 8.54. The Kier molecular flexibility index (Phi) is 4.33. The SMILES string of the molecule is CCCCCC1(C)C[C@H](O)c2ccc(Br)cc2O1. The van der Waals surface area contributed by atoms with Crippen LogP contribution in [0.2, 0.25) is 0 Å². The van der Waals surface area contributed by atoms with Crippen molar-refractivity contribution in [2.24, 2.45) is 0 Å². The fourth-order valence-electron chi connectivity index (χ4n) is 2.60. The Morgan fingerprint density at radius 3 is 2.94 bits per heavy atom. The lowest BCUT2D eigenvalue weighted by atomic mass is 9.86. The molecule has 0 aliphatic carbocycles. The van der Waals surface area contributed by atoms with E-state index in [2.05, 4.69) is 29.8 Å². The normalized spacial score (nSPS) is 26.6. The minimum absolute atomic E-state index is 0.234. The van der Waals surface area contributed by atoms with Crippen LogP contribution in [0.3, 0.4) is 0 Å². The lowest BCUT2D eigenvalue weighted by Gasteiger charge is -2.38. The third-order valence-electron chi connectivity index (χ3n) is 3.63. The summed E-state index contributed by atoms with van der Waals surface area (Å²) >= 11 is 3.45. The molecule has 0 fully saturated rings. The Morgan fingerprint density at radius 1 is 1.44 bits per heavy atom. The van der Waals surface area contributed by atoms with E-state index in [4.69, 9.17) is 4.74 Å². The van der Waals surface area contributed by atoms with Crippen molar-refractivity contribution < 1.29 is 9.84 Å². The largest absolute Gasteiger partial charge is 0.487 e. The van der Waals surface area contributed by atoms with E-state index < -0.39 is 6.10 Å². The van der Waals surface area contributed by atoms with E-state index in [0.717, 1.165) is 28.6 Å². The molecule has 1 aliphatic heterocycles.